The van der Waals surface area contributed by atoms with Gasteiger partial charge in [0.15, 0.2) is 0 Å². The quantitative estimate of drug-likeness (QED) is 0.878. The first kappa shape index (κ1) is 11.7. The van der Waals surface area contributed by atoms with Gasteiger partial charge in [-0.05, 0) is 31.2 Å². The standard InChI is InChI=1S/C12H12ClN3O/c1-8(11-14-6-7-15-11)16-12(17)9-2-4-10(13)5-3-9/h2-8H,1H3,(H,14,15)(H,16,17). The molecule has 0 aliphatic carbocycles. The van der Waals surface area contributed by atoms with Crippen LogP contribution in [0.2, 0.25) is 5.02 Å². The number of H-pyrrole nitrogens is 1. The molecule has 0 radical (unpaired) electrons. The third-order valence-electron chi connectivity index (χ3n) is 2.38. The normalized spacial score (nSPS) is 12.1. The van der Waals surface area contributed by atoms with E-state index in [1.54, 1.807) is 36.7 Å². The van der Waals surface area contributed by atoms with E-state index in [-0.39, 0.29) is 11.9 Å². The Morgan fingerprint density at radius 3 is 2.71 bits per heavy atom. The van der Waals surface area contributed by atoms with Crippen molar-refractivity contribution in [2.45, 2.75) is 13.0 Å². The molecule has 1 aromatic carbocycles. The van der Waals surface area contributed by atoms with Crippen molar-refractivity contribution in [2.75, 3.05) is 0 Å². The van der Waals surface area contributed by atoms with Crippen LogP contribution < -0.4 is 5.32 Å². The van der Waals surface area contributed by atoms with Gasteiger partial charge < -0.3 is 10.3 Å². The molecule has 2 aromatic rings. The van der Waals surface area contributed by atoms with Crippen molar-refractivity contribution in [3.05, 3.63) is 53.1 Å². The summed E-state index contributed by atoms with van der Waals surface area (Å²) in [7, 11) is 0. The molecule has 0 fully saturated rings. The molecule has 1 unspecified atom stereocenters. The first-order valence-corrected chi connectivity index (χ1v) is 5.60. The topological polar surface area (TPSA) is 57.8 Å². The number of hydrogen-bond donors (Lipinski definition) is 2. The number of nitrogens with one attached hydrogen (secondary N) is 2. The molecule has 1 atom stereocenters. The molecule has 1 heterocycles. The molecule has 0 saturated carbocycles. The highest BCUT2D eigenvalue weighted by Gasteiger charge is 2.12. The van der Waals surface area contributed by atoms with Gasteiger partial charge in [0, 0.05) is 23.0 Å². The fourth-order valence-corrected chi connectivity index (χ4v) is 1.59. The smallest absolute Gasteiger partial charge is 0.251 e. The first-order valence-electron chi connectivity index (χ1n) is 5.22. The molecule has 17 heavy (non-hydrogen) atoms. The minimum atomic E-state index is -0.159. The van der Waals surface area contributed by atoms with Crippen molar-refractivity contribution >= 4 is 17.5 Å². The Balaban J connectivity index is 2.04. The largest absolute Gasteiger partial charge is 0.347 e. The number of carbonyl (C=O) groups excluding carboxylic acids is 1. The van der Waals surface area contributed by atoms with Crippen molar-refractivity contribution in [1.82, 2.24) is 15.3 Å². The van der Waals surface area contributed by atoms with Gasteiger partial charge in [-0.3, -0.25) is 4.79 Å². The molecule has 1 amide bonds. The molecule has 2 rings (SSSR count). The van der Waals surface area contributed by atoms with Crippen molar-refractivity contribution in [1.29, 1.82) is 0 Å². The average molecular weight is 250 g/mol. The Labute approximate surface area is 104 Å². The van der Waals surface area contributed by atoms with E-state index < -0.39 is 0 Å². The van der Waals surface area contributed by atoms with Crippen molar-refractivity contribution < 1.29 is 4.79 Å². The summed E-state index contributed by atoms with van der Waals surface area (Å²) >= 11 is 5.76. The van der Waals surface area contributed by atoms with E-state index >= 15 is 0 Å². The number of aromatic amines is 1. The summed E-state index contributed by atoms with van der Waals surface area (Å²) in [5.41, 5.74) is 0.577. The molecule has 0 aliphatic rings. The summed E-state index contributed by atoms with van der Waals surface area (Å²) < 4.78 is 0. The number of benzene rings is 1. The summed E-state index contributed by atoms with van der Waals surface area (Å²) in [6, 6.07) is 6.59. The molecule has 1 aromatic heterocycles. The molecule has 5 heteroatoms. The van der Waals surface area contributed by atoms with Gasteiger partial charge in [0.25, 0.3) is 5.91 Å². The zero-order valence-electron chi connectivity index (χ0n) is 9.27. The second kappa shape index (κ2) is 5.01. The second-order valence-corrected chi connectivity index (χ2v) is 4.11. The number of hydrogen-bond acceptors (Lipinski definition) is 2. The predicted molar refractivity (Wildman–Crippen MR) is 65.9 cm³/mol. The lowest BCUT2D eigenvalue weighted by Crippen LogP contribution is -2.27. The Kier molecular flexibility index (Phi) is 3.44. The van der Waals surface area contributed by atoms with Crippen molar-refractivity contribution in [3.63, 3.8) is 0 Å². The van der Waals surface area contributed by atoms with Crippen molar-refractivity contribution in [3.8, 4) is 0 Å². The highest BCUT2D eigenvalue weighted by molar-refractivity contribution is 6.30. The molecule has 88 valence electrons. The molecule has 0 saturated heterocycles. The Morgan fingerprint density at radius 1 is 1.41 bits per heavy atom. The first-order chi connectivity index (χ1) is 8.16. The van der Waals surface area contributed by atoms with Crippen molar-refractivity contribution in [2.24, 2.45) is 0 Å². The maximum absolute atomic E-state index is 11.9. The SMILES string of the molecule is CC(NC(=O)c1ccc(Cl)cc1)c1ncc[nH]1. The number of amides is 1. The molecular formula is C12H12ClN3O. The fraction of sp³-hybridized carbons (Fsp3) is 0.167. The number of nitrogens with zero attached hydrogens (tertiary/aromatic N) is 1. The van der Waals surface area contributed by atoms with E-state index in [9.17, 15) is 4.79 Å². The van der Waals surface area contributed by atoms with Crippen LogP contribution in [0.25, 0.3) is 0 Å². The van der Waals surface area contributed by atoms with E-state index in [1.165, 1.54) is 0 Å². The molecule has 0 bridgehead atoms. The lowest BCUT2D eigenvalue weighted by Gasteiger charge is -2.11. The Hall–Kier alpha value is -1.81. The average Bonchev–Trinajstić information content (AvgIpc) is 2.83. The van der Waals surface area contributed by atoms with E-state index in [2.05, 4.69) is 15.3 Å². The molecular weight excluding hydrogens is 238 g/mol. The fourth-order valence-electron chi connectivity index (χ4n) is 1.46. The van der Waals surface area contributed by atoms with E-state index in [1.807, 2.05) is 6.92 Å². The highest BCUT2D eigenvalue weighted by atomic mass is 35.5. The zero-order chi connectivity index (χ0) is 12.3. The molecule has 2 N–H and O–H groups in total. The van der Waals surface area contributed by atoms with Gasteiger partial charge in [-0.25, -0.2) is 4.98 Å². The number of imidazole rings is 1. The molecule has 0 aliphatic heterocycles. The zero-order valence-corrected chi connectivity index (χ0v) is 10.0. The lowest BCUT2D eigenvalue weighted by atomic mass is 10.2. The second-order valence-electron chi connectivity index (χ2n) is 3.68. The van der Waals surface area contributed by atoms with Crippen LogP contribution in [0.1, 0.15) is 29.1 Å². The third-order valence-corrected chi connectivity index (χ3v) is 2.64. The van der Waals surface area contributed by atoms with Crippen LogP contribution >= 0.6 is 11.6 Å². The Morgan fingerprint density at radius 2 is 2.12 bits per heavy atom. The van der Waals surface area contributed by atoms with Crippen LogP contribution in [0.5, 0.6) is 0 Å². The minimum Gasteiger partial charge on any atom is -0.347 e. The number of halogens is 1. The van der Waals surface area contributed by atoms with Crippen LogP contribution in [0.15, 0.2) is 36.7 Å². The van der Waals surface area contributed by atoms with Crippen LogP contribution in [-0.4, -0.2) is 15.9 Å². The number of aromatic nitrogens is 2. The van der Waals surface area contributed by atoms with Gasteiger partial charge in [-0.2, -0.15) is 0 Å². The third kappa shape index (κ3) is 2.85. The maximum Gasteiger partial charge on any atom is 0.251 e. The van der Waals surface area contributed by atoms with E-state index in [0.29, 0.717) is 10.6 Å². The monoisotopic (exact) mass is 249 g/mol. The summed E-state index contributed by atoms with van der Waals surface area (Å²) in [6.45, 7) is 1.87. The predicted octanol–water partition coefficient (Wildman–Crippen LogP) is 2.55. The van der Waals surface area contributed by atoms with Gasteiger partial charge in [-0.1, -0.05) is 11.6 Å². The van der Waals surface area contributed by atoms with Gasteiger partial charge in [0.2, 0.25) is 0 Å². The summed E-state index contributed by atoms with van der Waals surface area (Å²) in [5, 5.41) is 3.45. The number of carbonyl (C=O) groups is 1. The van der Waals surface area contributed by atoms with Crippen LogP contribution in [0.4, 0.5) is 0 Å². The number of rotatable bonds is 3. The van der Waals surface area contributed by atoms with Crippen LogP contribution in [-0.2, 0) is 0 Å². The van der Waals surface area contributed by atoms with Gasteiger partial charge >= 0.3 is 0 Å². The Bertz CT molecular complexity index is 493. The molecule has 4 nitrogen and oxygen atoms in total. The van der Waals surface area contributed by atoms with Crippen LogP contribution in [0, 0.1) is 0 Å². The minimum absolute atomic E-state index is 0.148. The highest BCUT2D eigenvalue weighted by Crippen LogP contribution is 2.11. The molecule has 0 spiro atoms. The summed E-state index contributed by atoms with van der Waals surface area (Å²) in [6.07, 6.45) is 3.38. The maximum atomic E-state index is 11.9. The van der Waals surface area contributed by atoms with Gasteiger partial charge in [-0.15, -0.1) is 0 Å². The summed E-state index contributed by atoms with van der Waals surface area (Å²) in [4.78, 5) is 18.9. The van der Waals surface area contributed by atoms with Gasteiger partial charge in [0.05, 0.1) is 6.04 Å². The lowest BCUT2D eigenvalue weighted by molar-refractivity contribution is 0.0938. The van der Waals surface area contributed by atoms with Gasteiger partial charge in [0.1, 0.15) is 5.82 Å². The van der Waals surface area contributed by atoms with E-state index in [4.69, 9.17) is 11.6 Å². The summed E-state index contributed by atoms with van der Waals surface area (Å²) in [5.74, 6) is 0.581. The van der Waals surface area contributed by atoms with Crippen LogP contribution in [0.3, 0.4) is 0 Å². The van der Waals surface area contributed by atoms with E-state index in [0.717, 1.165) is 5.82 Å².